The van der Waals surface area contributed by atoms with E-state index in [4.69, 9.17) is 19.4 Å². The zero-order valence-corrected chi connectivity index (χ0v) is 54.4. The van der Waals surface area contributed by atoms with Crippen molar-refractivity contribution in [2.45, 2.75) is 156 Å². The van der Waals surface area contributed by atoms with E-state index in [1.54, 1.807) is 65.0 Å². The fraction of sp³-hybridized carbons (Fsp3) is 0.475. The van der Waals surface area contributed by atoms with Crippen molar-refractivity contribution in [1.82, 2.24) is 29.9 Å². The minimum Gasteiger partial charge on any atom is -0.480 e. The molecule has 2 amide bonds. The number of rotatable bonds is 15. The SMILES string of the molecule is C.CCS(=O)(=O)c1ccc(CCC(=O)N2CC3(CCCC3)c3nc(-c4c(OC)ncnc4C4CC4)ccc32)cc1.CCS(=O)(=O)c1ccc(CCC(=O)N2CC3(CCCC3)c3nc(Br)ccc32)cc1.COc1ncnc(C2CC2)c1Br.O.[W]. The van der Waals surface area contributed by atoms with Gasteiger partial charge in [0.25, 0.3) is 0 Å². The summed E-state index contributed by atoms with van der Waals surface area (Å²) in [6, 6.07) is 21.7. The largest absolute Gasteiger partial charge is 0.480 e. The van der Waals surface area contributed by atoms with Crippen LogP contribution in [0.25, 0.3) is 11.3 Å². The molecule has 2 aromatic carbocycles. The van der Waals surface area contributed by atoms with Gasteiger partial charge in [-0.1, -0.05) is 71.2 Å². The molecule has 0 bridgehead atoms. The predicted molar refractivity (Wildman–Crippen MR) is 324 cm³/mol. The maximum atomic E-state index is 13.6. The van der Waals surface area contributed by atoms with Crippen molar-refractivity contribution in [2.24, 2.45) is 0 Å². The molecular formula is C61H74Br2N8O9S2W. The first kappa shape index (κ1) is 65.5. The summed E-state index contributed by atoms with van der Waals surface area (Å²) in [6.45, 7) is 4.66. The van der Waals surface area contributed by atoms with Crippen LogP contribution in [0.1, 0.15) is 157 Å². The van der Waals surface area contributed by atoms with Crippen LogP contribution in [-0.4, -0.2) is 103 Å². The topological polar surface area (TPSA) is 236 Å². The summed E-state index contributed by atoms with van der Waals surface area (Å²) in [4.78, 5) is 58.3. The Balaban J connectivity index is 0.000000198. The molecule has 6 heterocycles. The standard InChI is InChI=1S/C30H34N4O4S.C22H25BrN2O3S.C8H9BrN2O.CH4.H2O.W/c1-3-39(36,37)22-11-6-20(7-12-22)8-15-25(35)34-18-30(16-4-5-17-30)28-24(34)14-13-23(33-28)26-27(21-9-10-21)31-19-32-29(26)38-2;1-2-29(27,28)17-8-5-16(6-9-17)7-12-20(26)25-15-22(13-3-4-14-22)21-18(25)10-11-19(23)24-21;1-12-8-6(9)7(5-2-3-5)10-4-11-8;;;/h6-7,11-14,19,21H,3-5,8-10,15-18H2,1-2H3;5-6,8-11H,2-4,7,12-15H2,1H3;4-5H,2-3H2,1H3;1H4;1H2;. The smallest absolute Gasteiger partial charge is 0.231 e. The monoisotopic (exact) mass is 1470 g/mol. The maximum absolute atomic E-state index is 13.6. The van der Waals surface area contributed by atoms with Crippen molar-refractivity contribution in [3.05, 3.63) is 128 Å². The first-order valence-electron chi connectivity index (χ1n) is 27.9. The summed E-state index contributed by atoms with van der Waals surface area (Å²) in [5.74, 6) is 2.55. The molecule has 2 N–H and O–H groups in total. The number of nitrogens with zero attached hydrogens (tertiary/aromatic N) is 8. The Hall–Kier alpha value is -5.05. The average molecular weight is 1470 g/mol. The van der Waals surface area contributed by atoms with Crippen LogP contribution in [0.5, 0.6) is 11.8 Å². The van der Waals surface area contributed by atoms with E-state index in [2.05, 4.69) is 51.8 Å². The van der Waals surface area contributed by atoms with Gasteiger partial charge in [0.05, 0.1) is 80.9 Å². The van der Waals surface area contributed by atoms with Crippen LogP contribution >= 0.6 is 31.9 Å². The molecule has 0 radical (unpaired) electrons. The first-order valence-corrected chi connectivity index (χ1v) is 32.8. The van der Waals surface area contributed by atoms with Gasteiger partial charge < -0.3 is 24.7 Å². The third-order valence-electron chi connectivity index (χ3n) is 16.7. The van der Waals surface area contributed by atoms with Gasteiger partial charge in [-0.05, 0) is 156 Å². The number of hydrogen-bond acceptors (Lipinski definition) is 14. The number of carbonyl (C=O) groups excluding carboxylic acids is 2. The molecule has 4 aliphatic carbocycles. The second kappa shape index (κ2) is 27.5. The van der Waals surface area contributed by atoms with E-state index < -0.39 is 19.7 Å². The Kier molecular flexibility index (Phi) is 21.7. The first-order chi connectivity index (χ1) is 38.5. The van der Waals surface area contributed by atoms with Crippen LogP contribution in [0.15, 0.2) is 104 Å². The number of benzene rings is 2. The summed E-state index contributed by atoms with van der Waals surface area (Å²) in [5.41, 5.74) is 9.49. The second-order valence-corrected chi connectivity index (χ2v) is 28.0. The molecule has 6 aromatic rings. The number of hydrogen-bond donors (Lipinski definition) is 0. The van der Waals surface area contributed by atoms with Crippen LogP contribution in [0.3, 0.4) is 0 Å². The quantitative estimate of drug-likeness (QED) is 0.0870. The Bertz CT molecular complexity index is 3510. The van der Waals surface area contributed by atoms with E-state index in [9.17, 15) is 26.4 Å². The number of pyridine rings is 2. The van der Waals surface area contributed by atoms with Crippen molar-refractivity contribution in [3.8, 4) is 23.0 Å². The summed E-state index contributed by atoms with van der Waals surface area (Å²) >= 11 is 6.91. The number of methoxy groups -OCH3 is 2. The van der Waals surface area contributed by atoms with E-state index in [1.165, 1.54) is 25.7 Å². The van der Waals surface area contributed by atoms with Crippen molar-refractivity contribution < 1.29 is 62.4 Å². The molecular weight excluding hydrogens is 1400 g/mol. The predicted octanol–water partition coefficient (Wildman–Crippen LogP) is 11.4. The van der Waals surface area contributed by atoms with Crippen molar-refractivity contribution >= 4 is 74.7 Å². The Morgan fingerprint density at radius 3 is 1.46 bits per heavy atom. The number of anilines is 2. The summed E-state index contributed by atoms with van der Waals surface area (Å²) in [5, 5.41) is 0. The van der Waals surface area contributed by atoms with Crippen LogP contribution in [0, 0.1) is 0 Å². The minimum absolute atomic E-state index is 0. The molecule has 2 spiro atoms. The molecule has 83 heavy (non-hydrogen) atoms. The molecule has 12 rings (SSSR count). The van der Waals surface area contributed by atoms with E-state index in [0.717, 1.165) is 124 Å². The molecule has 0 unspecified atom stereocenters. The summed E-state index contributed by atoms with van der Waals surface area (Å²) in [7, 11) is -3.19. The van der Waals surface area contributed by atoms with Gasteiger partial charge in [-0.2, -0.15) is 0 Å². The van der Waals surface area contributed by atoms with Crippen LogP contribution in [0.2, 0.25) is 0 Å². The minimum atomic E-state index is -3.24. The van der Waals surface area contributed by atoms with Crippen molar-refractivity contribution in [2.75, 3.05) is 48.6 Å². The average Bonchev–Trinajstić information content (AvgIpc) is 3.96. The third-order valence-corrected chi connectivity index (χ3v) is 21.4. The molecule has 22 heteroatoms. The summed E-state index contributed by atoms with van der Waals surface area (Å²) < 4.78 is 60.6. The fourth-order valence-corrected chi connectivity index (χ4v) is 14.7. The molecule has 17 nitrogen and oxygen atoms in total. The molecule has 0 atom stereocenters. The van der Waals surface area contributed by atoms with Gasteiger partial charge in [0, 0.05) is 69.7 Å². The van der Waals surface area contributed by atoms with Crippen molar-refractivity contribution in [1.29, 1.82) is 0 Å². The van der Waals surface area contributed by atoms with Gasteiger partial charge in [0.15, 0.2) is 19.7 Å². The third kappa shape index (κ3) is 14.1. The van der Waals surface area contributed by atoms with E-state index in [1.807, 2.05) is 58.3 Å². The van der Waals surface area contributed by atoms with E-state index in [0.29, 0.717) is 65.6 Å². The molecule has 4 saturated carbocycles. The van der Waals surface area contributed by atoms with Crippen LogP contribution in [0.4, 0.5) is 11.4 Å². The van der Waals surface area contributed by atoms with Gasteiger partial charge in [-0.25, -0.2) is 46.7 Å². The number of ether oxygens (including phenoxy) is 2. The second-order valence-electron chi connectivity index (χ2n) is 21.9. The molecule has 0 saturated heterocycles. The number of fused-ring (bicyclic) bond motifs is 4. The molecule has 4 aromatic heterocycles. The molecule has 6 aliphatic rings. The van der Waals surface area contributed by atoms with E-state index in [-0.39, 0.29) is 68.1 Å². The van der Waals surface area contributed by atoms with E-state index >= 15 is 0 Å². The molecule has 4 fully saturated rings. The Morgan fingerprint density at radius 2 is 1.01 bits per heavy atom. The molecule has 2 aliphatic heterocycles. The van der Waals surface area contributed by atoms with Crippen molar-refractivity contribution in [3.63, 3.8) is 0 Å². The zero-order chi connectivity index (χ0) is 56.4. The zero-order valence-electron chi connectivity index (χ0n) is 46.7. The van der Waals surface area contributed by atoms with Gasteiger partial charge in [0.2, 0.25) is 23.6 Å². The molecule has 444 valence electrons. The Labute approximate surface area is 519 Å². The number of halogens is 2. The van der Waals surface area contributed by atoms with Gasteiger partial charge in [-0.3, -0.25) is 9.59 Å². The van der Waals surface area contributed by atoms with Crippen LogP contribution in [-0.2, 0) is 74.0 Å². The summed E-state index contributed by atoms with van der Waals surface area (Å²) in [6.07, 6.45) is 18.5. The maximum Gasteiger partial charge on any atom is 0.231 e. The van der Waals surface area contributed by atoms with Crippen LogP contribution < -0.4 is 19.3 Å². The number of amides is 2. The van der Waals surface area contributed by atoms with Gasteiger partial charge >= 0.3 is 0 Å². The fourth-order valence-electron chi connectivity index (χ4n) is 11.9. The normalized spacial score (nSPS) is 16.9. The number of aromatic nitrogens is 6. The number of aryl methyl sites for hydroxylation is 2. The number of carbonyl (C=O) groups is 2. The Morgan fingerprint density at radius 1 is 0.590 bits per heavy atom. The van der Waals surface area contributed by atoms with Gasteiger partial charge in [0.1, 0.15) is 21.7 Å². The number of sulfone groups is 2. The van der Waals surface area contributed by atoms with Gasteiger partial charge in [-0.15, -0.1) is 0 Å².